The van der Waals surface area contributed by atoms with Crippen LogP contribution in [0, 0.1) is 17.2 Å². The number of pyridine rings is 1. The quantitative estimate of drug-likeness (QED) is 0.159. The number of nitrogens with zero attached hydrogens (tertiary/aromatic N) is 5. The first-order valence-electron chi connectivity index (χ1n) is 19.3. The molecule has 308 valence electrons. The molecule has 4 atom stereocenters. The molecular formula is C41H47F3N8O5S. The van der Waals surface area contributed by atoms with E-state index in [-0.39, 0.29) is 35.2 Å². The summed E-state index contributed by atoms with van der Waals surface area (Å²) in [7, 11) is 0. The lowest BCUT2D eigenvalue weighted by Gasteiger charge is -2.37. The molecule has 0 saturated carbocycles. The fourth-order valence-electron chi connectivity index (χ4n) is 7.79. The zero-order chi connectivity index (χ0) is 41.9. The second-order valence-electron chi connectivity index (χ2n) is 15.4. The number of aromatic nitrogens is 1. The maximum atomic E-state index is 13.8. The van der Waals surface area contributed by atoms with E-state index in [2.05, 4.69) is 32.8 Å². The molecule has 3 aliphatic heterocycles. The van der Waals surface area contributed by atoms with Crippen molar-refractivity contribution in [3.05, 3.63) is 71.4 Å². The van der Waals surface area contributed by atoms with Crippen molar-refractivity contribution in [1.29, 1.82) is 5.26 Å². The van der Waals surface area contributed by atoms with E-state index in [4.69, 9.17) is 17.0 Å². The number of aliphatic hydroxyl groups excluding tert-OH is 1. The van der Waals surface area contributed by atoms with Gasteiger partial charge in [-0.15, -0.1) is 0 Å². The van der Waals surface area contributed by atoms with Crippen molar-refractivity contribution in [2.24, 2.45) is 5.92 Å². The number of halogens is 3. The van der Waals surface area contributed by atoms with Crippen LogP contribution in [0.25, 0.3) is 0 Å². The number of rotatable bonds is 12. The Morgan fingerprint density at radius 1 is 1.12 bits per heavy atom. The summed E-state index contributed by atoms with van der Waals surface area (Å²) in [6.45, 7) is 8.74. The number of aryl methyl sites for hydroxylation is 1. The Morgan fingerprint density at radius 3 is 2.57 bits per heavy atom. The molecule has 6 rings (SSSR count). The topological polar surface area (TPSA) is 163 Å². The molecule has 0 aliphatic carbocycles. The van der Waals surface area contributed by atoms with Crippen LogP contribution in [0.2, 0.25) is 0 Å². The first-order valence-corrected chi connectivity index (χ1v) is 19.7. The molecule has 58 heavy (non-hydrogen) atoms. The number of piperidine rings is 2. The number of carbonyl (C=O) groups excluding carboxylic acids is 3. The molecule has 3 fully saturated rings. The Kier molecular flexibility index (Phi) is 12.6. The maximum Gasteiger partial charge on any atom is 0.417 e. The molecular weight excluding hydrogens is 774 g/mol. The molecule has 0 spiro atoms. The van der Waals surface area contributed by atoms with Gasteiger partial charge in [-0.3, -0.25) is 24.2 Å². The van der Waals surface area contributed by atoms with Crippen LogP contribution in [-0.2, 0) is 27.0 Å². The van der Waals surface area contributed by atoms with Crippen LogP contribution in [0.1, 0.15) is 76.5 Å². The van der Waals surface area contributed by atoms with E-state index in [1.807, 2.05) is 19.1 Å². The summed E-state index contributed by atoms with van der Waals surface area (Å²) in [6, 6.07) is 13.4. The largest absolute Gasteiger partial charge is 0.477 e. The molecule has 2 unspecified atom stereocenters. The molecule has 17 heteroatoms. The summed E-state index contributed by atoms with van der Waals surface area (Å²) in [6.07, 6.45) is -0.0199. The van der Waals surface area contributed by atoms with Crippen LogP contribution in [0.4, 0.5) is 35.9 Å². The van der Waals surface area contributed by atoms with Crippen molar-refractivity contribution >= 4 is 57.8 Å². The predicted molar refractivity (Wildman–Crippen MR) is 216 cm³/mol. The minimum Gasteiger partial charge on any atom is -0.477 e. The first-order chi connectivity index (χ1) is 27.5. The minimum atomic E-state index is -4.80. The minimum absolute atomic E-state index is 0.0146. The fraction of sp³-hybridized carbons (Fsp3) is 0.463. The Hall–Kier alpha value is -5.31. The van der Waals surface area contributed by atoms with Gasteiger partial charge in [0.1, 0.15) is 17.8 Å². The number of carbonyl (C=O) groups is 3. The Balaban J connectivity index is 1.01. The van der Waals surface area contributed by atoms with E-state index in [1.54, 1.807) is 49.2 Å². The second-order valence-corrected chi connectivity index (χ2v) is 15.8. The third kappa shape index (κ3) is 9.19. The van der Waals surface area contributed by atoms with Gasteiger partial charge < -0.3 is 30.7 Å². The average Bonchev–Trinajstić information content (AvgIpc) is 3.35. The Labute approximate surface area is 340 Å². The van der Waals surface area contributed by atoms with Crippen molar-refractivity contribution in [2.45, 2.75) is 96.2 Å². The van der Waals surface area contributed by atoms with Crippen LogP contribution >= 0.6 is 12.2 Å². The van der Waals surface area contributed by atoms with E-state index >= 15 is 0 Å². The molecule has 4 heterocycles. The van der Waals surface area contributed by atoms with Gasteiger partial charge in [-0.05, 0) is 126 Å². The number of thiocarbonyl (C=S) groups is 1. The van der Waals surface area contributed by atoms with Gasteiger partial charge in [-0.2, -0.15) is 18.4 Å². The highest BCUT2D eigenvalue weighted by Gasteiger charge is 2.51. The van der Waals surface area contributed by atoms with Crippen molar-refractivity contribution in [3.8, 4) is 11.9 Å². The monoisotopic (exact) mass is 820 g/mol. The standard InChI is InChI=1S/C41H47F3N8O5S/c1-5-26-18-31(52-39(58)51(38(56)40(52,3)4)30-10-9-27(21-45)32(20-30)41(42,43)44)22-46-37(26)57-16-14-25-13-15-50(24(2)17-25)23-35(54)48-29-8-6-7-28(19-29)47-33-11-12-34(53)49-36(33)55/h6-10,18-20,22,24-25,33-34,47,53H,5,11-17,23H2,1-4H3,(H,48,54)(H,49,55)/t24-,25+,33?,34?/m0/s1. The molecule has 0 bridgehead atoms. The number of nitrogens with one attached hydrogen (secondary N) is 3. The number of hydrogen-bond acceptors (Lipinski definition) is 10. The number of benzene rings is 2. The van der Waals surface area contributed by atoms with Gasteiger partial charge in [-0.1, -0.05) is 13.0 Å². The van der Waals surface area contributed by atoms with Crippen LogP contribution in [0.5, 0.6) is 5.88 Å². The summed E-state index contributed by atoms with van der Waals surface area (Å²) in [5.74, 6) is -0.106. The Morgan fingerprint density at radius 2 is 1.88 bits per heavy atom. The van der Waals surface area contributed by atoms with Crippen LogP contribution in [-0.4, -0.2) is 81.4 Å². The summed E-state index contributed by atoms with van der Waals surface area (Å²) in [5.41, 5.74) is -0.471. The van der Waals surface area contributed by atoms with E-state index in [1.165, 1.54) is 6.07 Å². The van der Waals surface area contributed by atoms with Crippen molar-refractivity contribution < 1.29 is 37.4 Å². The molecule has 1 aromatic heterocycles. The highest BCUT2D eigenvalue weighted by Crippen LogP contribution is 2.40. The molecule has 2 aromatic carbocycles. The highest BCUT2D eigenvalue weighted by molar-refractivity contribution is 7.81. The summed E-state index contributed by atoms with van der Waals surface area (Å²) >= 11 is 5.69. The smallest absolute Gasteiger partial charge is 0.417 e. The van der Waals surface area contributed by atoms with Crippen LogP contribution in [0.3, 0.4) is 0 Å². The van der Waals surface area contributed by atoms with E-state index in [0.717, 1.165) is 48.4 Å². The van der Waals surface area contributed by atoms with Gasteiger partial charge in [0.25, 0.3) is 5.91 Å². The molecule has 0 radical (unpaired) electrons. The third-order valence-corrected chi connectivity index (χ3v) is 11.3. The zero-order valence-corrected chi connectivity index (χ0v) is 33.5. The van der Waals surface area contributed by atoms with Gasteiger partial charge in [0.05, 0.1) is 47.9 Å². The van der Waals surface area contributed by atoms with E-state index in [0.29, 0.717) is 54.7 Å². The number of alkyl halides is 3. The number of hydrogen-bond donors (Lipinski definition) is 4. The summed E-state index contributed by atoms with van der Waals surface area (Å²) < 4.78 is 47.5. The highest BCUT2D eigenvalue weighted by atomic mass is 32.1. The van der Waals surface area contributed by atoms with Gasteiger partial charge >= 0.3 is 6.18 Å². The van der Waals surface area contributed by atoms with Crippen molar-refractivity contribution in [2.75, 3.05) is 40.1 Å². The molecule has 3 amide bonds. The lowest BCUT2D eigenvalue weighted by atomic mass is 9.89. The van der Waals surface area contributed by atoms with Gasteiger partial charge in [0.15, 0.2) is 5.11 Å². The van der Waals surface area contributed by atoms with Crippen molar-refractivity contribution in [1.82, 2.24) is 15.2 Å². The summed E-state index contributed by atoms with van der Waals surface area (Å²) in [4.78, 5) is 48.3. The number of likely N-dealkylation sites (tertiary alicyclic amines) is 1. The van der Waals surface area contributed by atoms with Crippen LogP contribution in [0.15, 0.2) is 54.7 Å². The van der Waals surface area contributed by atoms with Gasteiger partial charge in [-0.25, -0.2) is 4.98 Å². The lowest BCUT2D eigenvalue weighted by Crippen LogP contribution is -2.49. The SMILES string of the molecule is CCc1cc(N2C(=S)N(c3ccc(C#N)c(C(F)(F)F)c3)C(=O)C2(C)C)cnc1OCC[C@H]1CCN(CC(=O)Nc2cccc(NC3CCC(O)NC3=O)c2)[C@@H](C)C1. The third-order valence-electron chi connectivity index (χ3n) is 11.0. The molecule has 4 N–H and O–H groups in total. The van der Waals surface area contributed by atoms with Gasteiger partial charge in [0.2, 0.25) is 17.7 Å². The van der Waals surface area contributed by atoms with Gasteiger partial charge in [0, 0.05) is 23.0 Å². The maximum absolute atomic E-state index is 13.8. The van der Waals surface area contributed by atoms with Crippen molar-refractivity contribution in [3.63, 3.8) is 0 Å². The average molecular weight is 821 g/mol. The molecule has 3 aliphatic rings. The number of aliphatic hydroxyl groups is 1. The number of ether oxygens (including phenoxy) is 1. The zero-order valence-electron chi connectivity index (χ0n) is 32.7. The number of nitriles is 1. The molecule has 3 aromatic rings. The van der Waals surface area contributed by atoms with E-state index in [9.17, 15) is 37.9 Å². The summed E-state index contributed by atoms with van der Waals surface area (Å²) in [5, 5.41) is 27.5. The second kappa shape index (κ2) is 17.3. The molecule has 3 saturated heterocycles. The number of amides is 3. The predicted octanol–water partition coefficient (Wildman–Crippen LogP) is 5.97. The molecule has 13 nitrogen and oxygen atoms in total. The fourth-order valence-corrected chi connectivity index (χ4v) is 8.31. The van der Waals surface area contributed by atoms with Crippen LogP contribution < -0.4 is 30.5 Å². The lowest BCUT2D eigenvalue weighted by molar-refractivity contribution is -0.137. The first kappa shape index (κ1) is 42.3. The number of anilines is 4. The Bertz CT molecular complexity index is 2110. The normalized spacial score (nSPS) is 22.4. The van der Waals surface area contributed by atoms with E-state index < -0.39 is 41.0 Å².